The van der Waals surface area contributed by atoms with Gasteiger partial charge in [-0.3, -0.25) is 9.78 Å². The molecule has 0 bridgehead atoms. The summed E-state index contributed by atoms with van der Waals surface area (Å²) in [7, 11) is 0. The summed E-state index contributed by atoms with van der Waals surface area (Å²) in [5, 5.41) is 1.02. The summed E-state index contributed by atoms with van der Waals surface area (Å²) in [4.78, 5) is 16.5. The Morgan fingerprint density at radius 1 is 1.30 bits per heavy atom. The van der Waals surface area contributed by atoms with Gasteiger partial charge in [0.15, 0.2) is 5.78 Å². The molecule has 3 nitrogen and oxygen atoms in total. The topological polar surface area (TPSA) is 56.0 Å². The number of carbonyl (C=O) groups excluding carboxylic acids is 1. The Balaban J connectivity index is 2.03. The standard InChI is InChI=1S/C17H22N2O/c1-2-13(9-10-18)5-8-17(20)15-6-7-16-14(12-15)4-3-11-19-16/h3-4,6-7,11-13H,2,5,8-10,18H2,1H3. The quantitative estimate of drug-likeness (QED) is 0.782. The van der Waals surface area contributed by atoms with Gasteiger partial charge in [0, 0.05) is 23.6 Å². The molecular formula is C17H22N2O. The monoisotopic (exact) mass is 270 g/mol. The number of nitrogens with zero attached hydrogens (tertiary/aromatic N) is 1. The molecule has 1 aromatic heterocycles. The van der Waals surface area contributed by atoms with Gasteiger partial charge in [0.05, 0.1) is 5.52 Å². The lowest BCUT2D eigenvalue weighted by atomic mass is 9.93. The van der Waals surface area contributed by atoms with Crippen molar-refractivity contribution >= 4 is 16.7 Å². The number of nitrogens with two attached hydrogens (primary N) is 1. The van der Waals surface area contributed by atoms with Crippen molar-refractivity contribution in [1.82, 2.24) is 4.98 Å². The van der Waals surface area contributed by atoms with Gasteiger partial charge >= 0.3 is 0 Å². The Kier molecular flexibility index (Phi) is 5.24. The van der Waals surface area contributed by atoms with Crippen molar-refractivity contribution in [3.8, 4) is 0 Å². The van der Waals surface area contributed by atoms with Gasteiger partial charge in [0.2, 0.25) is 0 Å². The van der Waals surface area contributed by atoms with Crippen LogP contribution in [-0.4, -0.2) is 17.3 Å². The number of pyridine rings is 1. The predicted molar refractivity (Wildman–Crippen MR) is 82.8 cm³/mol. The Morgan fingerprint density at radius 3 is 2.90 bits per heavy atom. The third-order valence-electron chi connectivity index (χ3n) is 3.86. The smallest absolute Gasteiger partial charge is 0.162 e. The van der Waals surface area contributed by atoms with Crippen LogP contribution in [0.25, 0.3) is 10.9 Å². The highest BCUT2D eigenvalue weighted by Gasteiger charge is 2.11. The largest absolute Gasteiger partial charge is 0.330 e. The second-order valence-corrected chi connectivity index (χ2v) is 5.22. The van der Waals surface area contributed by atoms with E-state index in [1.807, 2.05) is 30.3 Å². The Bertz CT molecular complexity index is 580. The molecule has 0 fully saturated rings. The van der Waals surface area contributed by atoms with Crippen LogP contribution >= 0.6 is 0 Å². The number of benzene rings is 1. The van der Waals surface area contributed by atoms with Gasteiger partial charge in [-0.1, -0.05) is 19.4 Å². The Morgan fingerprint density at radius 2 is 2.15 bits per heavy atom. The minimum Gasteiger partial charge on any atom is -0.330 e. The van der Waals surface area contributed by atoms with Crippen molar-refractivity contribution in [2.45, 2.75) is 32.6 Å². The fourth-order valence-corrected chi connectivity index (χ4v) is 2.52. The average molecular weight is 270 g/mol. The molecule has 0 saturated heterocycles. The molecule has 0 saturated carbocycles. The molecule has 1 heterocycles. The number of hydrogen-bond acceptors (Lipinski definition) is 3. The van der Waals surface area contributed by atoms with Gasteiger partial charge < -0.3 is 5.73 Å². The maximum atomic E-state index is 12.3. The molecule has 3 heteroatoms. The molecule has 2 N–H and O–H groups in total. The number of Topliss-reactive ketones (excluding diaryl/α,β-unsaturated/α-hetero) is 1. The molecule has 0 radical (unpaired) electrons. The van der Waals surface area contributed by atoms with Crippen LogP contribution in [0.4, 0.5) is 0 Å². The second kappa shape index (κ2) is 7.15. The van der Waals surface area contributed by atoms with Gasteiger partial charge in [0.1, 0.15) is 0 Å². The third-order valence-corrected chi connectivity index (χ3v) is 3.86. The van der Waals surface area contributed by atoms with E-state index in [-0.39, 0.29) is 5.78 Å². The molecule has 1 unspecified atom stereocenters. The van der Waals surface area contributed by atoms with E-state index in [0.717, 1.165) is 35.7 Å². The number of carbonyl (C=O) groups is 1. The summed E-state index contributed by atoms with van der Waals surface area (Å²) in [5.41, 5.74) is 7.31. The van der Waals surface area contributed by atoms with E-state index in [0.29, 0.717) is 18.9 Å². The Labute approximate surface area is 120 Å². The minimum absolute atomic E-state index is 0.214. The lowest BCUT2D eigenvalue weighted by molar-refractivity contribution is 0.0973. The highest BCUT2D eigenvalue weighted by molar-refractivity contribution is 5.99. The van der Waals surface area contributed by atoms with E-state index in [2.05, 4.69) is 11.9 Å². The van der Waals surface area contributed by atoms with Gasteiger partial charge in [-0.2, -0.15) is 0 Å². The molecule has 0 aliphatic heterocycles. The molecule has 106 valence electrons. The first-order chi connectivity index (χ1) is 9.74. The van der Waals surface area contributed by atoms with Crippen LogP contribution in [0.15, 0.2) is 36.5 Å². The van der Waals surface area contributed by atoms with Gasteiger partial charge in [-0.25, -0.2) is 0 Å². The van der Waals surface area contributed by atoms with Crippen LogP contribution in [0, 0.1) is 5.92 Å². The van der Waals surface area contributed by atoms with E-state index in [9.17, 15) is 4.79 Å². The number of hydrogen-bond donors (Lipinski definition) is 1. The highest BCUT2D eigenvalue weighted by atomic mass is 16.1. The van der Waals surface area contributed by atoms with Crippen LogP contribution in [0.3, 0.4) is 0 Å². The maximum Gasteiger partial charge on any atom is 0.162 e. The zero-order valence-corrected chi connectivity index (χ0v) is 12.0. The Hall–Kier alpha value is -1.74. The van der Waals surface area contributed by atoms with Crippen molar-refractivity contribution in [1.29, 1.82) is 0 Å². The van der Waals surface area contributed by atoms with Crippen LogP contribution in [0.5, 0.6) is 0 Å². The van der Waals surface area contributed by atoms with Crippen LogP contribution < -0.4 is 5.73 Å². The van der Waals surface area contributed by atoms with Gasteiger partial charge in [-0.15, -0.1) is 0 Å². The molecule has 0 amide bonds. The molecule has 1 aromatic carbocycles. The number of fused-ring (bicyclic) bond motifs is 1. The van der Waals surface area contributed by atoms with Crippen LogP contribution in [0.1, 0.15) is 43.0 Å². The SMILES string of the molecule is CCC(CCN)CCC(=O)c1ccc2ncccc2c1. The third kappa shape index (κ3) is 3.64. The zero-order valence-electron chi connectivity index (χ0n) is 12.0. The summed E-state index contributed by atoms with van der Waals surface area (Å²) >= 11 is 0. The molecule has 0 aliphatic carbocycles. The summed E-state index contributed by atoms with van der Waals surface area (Å²) in [6.07, 6.45) is 5.39. The van der Waals surface area contributed by atoms with E-state index in [1.165, 1.54) is 0 Å². The summed E-state index contributed by atoms with van der Waals surface area (Å²) in [5.74, 6) is 0.775. The molecular weight excluding hydrogens is 248 g/mol. The summed E-state index contributed by atoms with van der Waals surface area (Å²) in [6, 6.07) is 9.61. The average Bonchev–Trinajstić information content (AvgIpc) is 2.50. The van der Waals surface area contributed by atoms with E-state index >= 15 is 0 Å². The van der Waals surface area contributed by atoms with E-state index < -0.39 is 0 Å². The predicted octanol–water partition coefficient (Wildman–Crippen LogP) is 3.57. The van der Waals surface area contributed by atoms with Gasteiger partial charge in [-0.05, 0) is 49.6 Å². The van der Waals surface area contributed by atoms with E-state index in [1.54, 1.807) is 6.20 Å². The molecule has 2 rings (SSSR count). The van der Waals surface area contributed by atoms with Crippen LogP contribution in [-0.2, 0) is 0 Å². The lowest BCUT2D eigenvalue weighted by Gasteiger charge is -2.12. The first-order valence-corrected chi connectivity index (χ1v) is 7.32. The first-order valence-electron chi connectivity index (χ1n) is 7.32. The summed E-state index contributed by atoms with van der Waals surface area (Å²) in [6.45, 7) is 2.86. The van der Waals surface area contributed by atoms with Gasteiger partial charge in [0.25, 0.3) is 0 Å². The normalized spacial score (nSPS) is 12.5. The first kappa shape index (κ1) is 14.7. The minimum atomic E-state index is 0.214. The van der Waals surface area contributed by atoms with Crippen LogP contribution in [0.2, 0.25) is 0 Å². The fraction of sp³-hybridized carbons (Fsp3) is 0.412. The van der Waals surface area contributed by atoms with Crippen molar-refractivity contribution in [3.63, 3.8) is 0 Å². The fourth-order valence-electron chi connectivity index (χ4n) is 2.52. The molecule has 1 atom stereocenters. The lowest BCUT2D eigenvalue weighted by Crippen LogP contribution is -2.10. The van der Waals surface area contributed by atoms with E-state index in [4.69, 9.17) is 5.73 Å². The molecule has 0 spiro atoms. The molecule has 2 aromatic rings. The zero-order chi connectivity index (χ0) is 14.4. The van der Waals surface area contributed by atoms with Crippen molar-refractivity contribution < 1.29 is 4.79 Å². The maximum absolute atomic E-state index is 12.3. The second-order valence-electron chi connectivity index (χ2n) is 5.22. The van der Waals surface area contributed by atoms with Crippen molar-refractivity contribution in [3.05, 3.63) is 42.1 Å². The number of ketones is 1. The molecule has 20 heavy (non-hydrogen) atoms. The van der Waals surface area contributed by atoms with Crippen molar-refractivity contribution in [2.24, 2.45) is 11.7 Å². The van der Waals surface area contributed by atoms with Crippen molar-refractivity contribution in [2.75, 3.05) is 6.54 Å². The number of aromatic nitrogens is 1. The number of rotatable bonds is 7. The highest BCUT2D eigenvalue weighted by Crippen LogP contribution is 2.19. The molecule has 0 aliphatic rings. The summed E-state index contributed by atoms with van der Waals surface area (Å²) < 4.78 is 0.